The summed E-state index contributed by atoms with van der Waals surface area (Å²) in [5.41, 5.74) is 2.70. The second-order valence-electron chi connectivity index (χ2n) is 8.11. The number of hydrogen-bond acceptors (Lipinski definition) is 3. The Labute approximate surface area is 176 Å². The molecule has 2 aromatic rings. The van der Waals surface area contributed by atoms with Gasteiger partial charge in [0.15, 0.2) is 0 Å². The van der Waals surface area contributed by atoms with Crippen LogP contribution in [0.25, 0.3) is 0 Å². The molecule has 0 bridgehead atoms. The molecule has 1 saturated carbocycles. The van der Waals surface area contributed by atoms with E-state index in [0.717, 1.165) is 44.5 Å². The van der Waals surface area contributed by atoms with Crippen LogP contribution in [0.4, 0.5) is 11.4 Å². The lowest BCUT2D eigenvalue weighted by Gasteiger charge is -2.33. The molecular formula is C23H26ClN3O2. The average molecular weight is 412 g/mol. The molecule has 6 heteroatoms. The first kappa shape index (κ1) is 19.8. The summed E-state index contributed by atoms with van der Waals surface area (Å²) in [6, 6.07) is 12.6. The van der Waals surface area contributed by atoms with Gasteiger partial charge in [-0.3, -0.25) is 9.59 Å². The van der Waals surface area contributed by atoms with Crippen molar-refractivity contribution < 1.29 is 9.59 Å². The predicted octanol–water partition coefficient (Wildman–Crippen LogP) is 4.72. The molecule has 0 atom stereocenters. The predicted molar refractivity (Wildman–Crippen MR) is 117 cm³/mol. The molecule has 2 aromatic carbocycles. The van der Waals surface area contributed by atoms with E-state index in [-0.39, 0.29) is 17.9 Å². The largest absolute Gasteiger partial charge is 0.371 e. The zero-order valence-corrected chi connectivity index (χ0v) is 17.3. The minimum atomic E-state index is -0.227. The van der Waals surface area contributed by atoms with Gasteiger partial charge in [-0.2, -0.15) is 0 Å². The fourth-order valence-corrected chi connectivity index (χ4v) is 3.74. The first-order chi connectivity index (χ1) is 14.0. The highest BCUT2D eigenvalue weighted by Crippen LogP contribution is 2.30. The molecule has 2 aliphatic rings. The maximum Gasteiger partial charge on any atom is 0.255 e. The number of nitrogens with one attached hydrogen (secondary N) is 2. The average Bonchev–Trinajstić information content (AvgIpc) is 3.53. The van der Waals surface area contributed by atoms with Gasteiger partial charge in [0.1, 0.15) is 0 Å². The van der Waals surface area contributed by atoms with E-state index in [9.17, 15) is 9.59 Å². The third-order valence-corrected chi connectivity index (χ3v) is 5.89. The maximum atomic E-state index is 12.9. The van der Waals surface area contributed by atoms with Crippen LogP contribution in [0.5, 0.6) is 0 Å². The van der Waals surface area contributed by atoms with Crippen molar-refractivity contribution in [3.05, 3.63) is 58.6 Å². The number of hydrogen-bond donors (Lipinski definition) is 2. The third kappa shape index (κ3) is 4.91. The Morgan fingerprint density at radius 2 is 1.66 bits per heavy atom. The van der Waals surface area contributed by atoms with E-state index in [2.05, 4.69) is 22.5 Å². The van der Waals surface area contributed by atoms with Crippen LogP contribution in [0.2, 0.25) is 5.02 Å². The zero-order chi connectivity index (χ0) is 20.4. The van der Waals surface area contributed by atoms with Crippen molar-refractivity contribution in [2.24, 2.45) is 5.92 Å². The Balaban J connectivity index is 1.57. The molecule has 152 valence electrons. The van der Waals surface area contributed by atoms with Crippen molar-refractivity contribution in [1.82, 2.24) is 5.32 Å². The van der Waals surface area contributed by atoms with Crippen molar-refractivity contribution in [3.63, 3.8) is 0 Å². The fourth-order valence-electron chi connectivity index (χ4n) is 3.62. The van der Waals surface area contributed by atoms with E-state index < -0.39 is 0 Å². The van der Waals surface area contributed by atoms with Gasteiger partial charge in [0.2, 0.25) is 0 Å². The van der Waals surface area contributed by atoms with Gasteiger partial charge in [0.05, 0.1) is 5.56 Å². The zero-order valence-electron chi connectivity index (χ0n) is 16.6. The number of rotatable bonds is 5. The summed E-state index contributed by atoms with van der Waals surface area (Å²) < 4.78 is 0. The quantitative estimate of drug-likeness (QED) is 0.748. The van der Waals surface area contributed by atoms with Crippen LogP contribution in [0.15, 0.2) is 42.5 Å². The maximum absolute atomic E-state index is 12.9. The van der Waals surface area contributed by atoms with Crippen molar-refractivity contribution >= 4 is 34.8 Å². The molecule has 1 aliphatic carbocycles. The minimum Gasteiger partial charge on any atom is -0.371 e. The molecule has 1 saturated heterocycles. The van der Waals surface area contributed by atoms with E-state index in [1.807, 2.05) is 12.1 Å². The van der Waals surface area contributed by atoms with Crippen LogP contribution in [0.3, 0.4) is 0 Å². The van der Waals surface area contributed by atoms with Crippen molar-refractivity contribution in [2.45, 2.75) is 38.6 Å². The van der Waals surface area contributed by atoms with Crippen LogP contribution in [0, 0.1) is 5.92 Å². The van der Waals surface area contributed by atoms with E-state index in [4.69, 9.17) is 11.6 Å². The molecule has 29 heavy (non-hydrogen) atoms. The molecule has 5 nitrogen and oxygen atoms in total. The highest BCUT2D eigenvalue weighted by atomic mass is 35.5. The third-order valence-electron chi connectivity index (χ3n) is 5.64. The lowest BCUT2D eigenvalue weighted by molar-refractivity contribution is 0.0950. The van der Waals surface area contributed by atoms with E-state index >= 15 is 0 Å². The summed E-state index contributed by atoms with van der Waals surface area (Å²) in [6.07, 6.45) is 4.32. The molecule has 2 amide bonds. The van der Waals surface area contributed by atoms with E-state index in [1.54, 1.807) is 30.3 Å². The molecule has 2 fully saturated rings. The van der Waals surface area contributed by atoms with E-state index in [1.165, 1.54) is 0 Å². The van der Waals surface area contributed by atoms with Gasteiger partial charge < -0.3 is 15.5 Å². The summed E-state index contributed by atoms with van der Waals surface area (Å²) >= 11 is 5.90. The number of nitrogens with zero attached hydrogens (tertiary/aromatic N) is 1. The first-order valence-corrected chi connectivity index (χ1v) is 10.6. The number of piperidine rings is 1. The van der Waals surface area contributed by atoms with Crippen molar-refractivity contribution in [1.29, 1.82) is 0 Å². The fraction of sp³-hybridized carbons (Fsp3) is 0.391. The van der Waals surface area contributed by atoms with E-state index in [0.29, 0.717) is 27.8 Å². The van der Waals surface area contributed by atoms with Gasteiger partial charge >= 0.3 is 0 Å². The first-order valence-electron chi connectivity index (χ1n) is 10.3. The lowest BCUT2D eigenvalue weighted by atomic mass is 9.97. The lowest BCUT2D eigenvalue weighted by Crippen LogP contribution is -2.35. The Hall–Kier alpha value is -2.53. The summed E-state index contributed by atoms with van der Waals surface area (Å²) in [6.45, 7) is 4.16. The van der Waals surface area contributed by atoms with Crippen LogP contribution < -0.4 is 15.5 Å². The number of carbonyl (C=O) groups excluding carboxylic acids is 2. The van der Waals surface area contributed by atoms with Crippen LogP contribution in [-0.2, 0) is 0 Å². The molecule has 0 aromatic heterocycles. The molecule has 0 spiro atoms. The number of carbonyl (C=O) groups is 2. The SMILES string of the molecule is CC1CCN(c2ccc(NC(=O)c3ccc(Cl)cc3)cc2C(=O)NC2CC2)CC1. The van der Waals surface area contributed by atoms with Gasteiger partial charge in [-0.05, 0) is 74.1 Å². The highest BCUT2D eigenvalue weighted by molar-refractivity contribution is 6.30. The minimum absolute atomic E-state index is 0.0660. The number of anilines is 2. The molecule has 1 aliphatic heterocycles. The van der Waals surface area contributed by atoms with Crippen molar-refractivity contribution in [2.75, 3.05) is 23.3 Å². The summed E-state index contributed by atoms with van der Waals surface area (Å²) in [5.74, 6) is 0.423. The Bertz CT molecular complexity index is 901. The molecule has 1 heterocycles. The van der Waals surface area contributed by atoms with Crippen LogP contribution in [-0.4, -0.2) is 30.9 Å². The Morgan fingerprint density at radius 1 is 0.966 bits per heavy atom. The second kappa shape index (κ2) is 8.46. The van der Waals surface area contributed by atoms with Crippen LogP contribution in [0.1, 0.15) is 53.3 Å². The monoisotopic (exact) mass is 411 g/mol. The van der Waals surface area contributed by atoms with Gasteiger partial charge in [0.25, 0.3) is 11.8 Å². The summed E-state index contributed by atoms with van der Waals surface area (Å²) in [5, 5.41) is 6.57. The number of benzene rings is 2. The van der Waals surface area contributed by atoms with Crippen LogP contribution >= 0.6 is 11.6 Å². The van der Waals surface area contributed by atoms with Gasteiger partial charge in [0, 0.05) is 41.1 Å². The Kier molecular flexibility index (Phi) is 5.76. The van der Waals surface area contributed by atoms with Gasteiger partial charge in [-0.25, -0.2) is 0 Å². The highest BCUT2D eigenvalue weighted by Gasteiger charge is 2.27. The normalized spacial score (nSPS) is 17.1. The summed E-state index contributed by atoms with van der Waals surface area (Å²) in [4.78, 5) is 27.7. The molecular weight excluding hydrogens is 386 g/mol. The molecule has 0 unspecified atom stereocenters. The number of amides is 2. The van der Waals surface area contributed by atoms with Gasteiger partial charge in [-0.1, -0.05) is 18.5 Å². The molecule has 0 radical (unpaired) electrons. The smallest absolute Gasteiger partial charge is 0.255 e. The summed E-state index contributed by atoms with van der Waals surface area (Å²) in [7, 11) is 0. The van der Waals surface area contributed by atoms with Crippen molar-refractivity contribution in [3.8, 4) is 0 Å². The Morgan fingerprint density at radius 3 is 2.31 bits per heavy atom. The standard InChI is InChI=1S/C23H26ClN3O2/c1-15-10-12-27(13-11-15)21-9-8-19(14-20(21)23(29)25-18-6-7-18)26-22(28)16-2-4-17(24)5-3-16/h2-5,8-9,14-15,18H,6-7,10-13H2,1H3,(H,25,29)(H,26,28). The number of halogens is 1. The molecule has 4 rings (SSSR count). The topological polar surface area (TPSA) is 61.4 Å². The molecule has 2 N–H and O–H groups in total. The second-order valence-corrected chi connectivity index (χ2v) is 8.55. The van der Waals surface area contributed by atoms with Gasteiger partial charge in [-0.15, -0.1) is 0 Å².